The molecule has 0 bridgehead atoms. The number of nitrogens with one attached hydrogen (secondary N) is 1. The number of carbonyl (C=O) groups is 2. The SMILES string of the molecule is CCCCn1c(O)c(C(=N)N)c(=O)n(C2CCC(C#N)(CN3C(=O)N(COCC[Si](C)(C)C)C(=O)C34CCC4)CC2)c1=O. The van der Waals surface area contributed by atoms with Gasteiger partial charge in [0.2, 0.25) is 5.88 Å². The lowest BCUT2D eigenvalue weighted by Crippen LogP contribution is -2.57. The molecule has 2 aliphatic carbocycles. The highest BCUT2D eigenvalue weighted by molar-refractivity contribution is 6.76. The third-order valence-corrected chi connectivity index (χ3v) is 11.1. The van der Waals surface area contributed by atoms with Crippen molar-refractivity contribution >= 4 is 25.8 Å². The molecule has 1 aromatic heterocycles. The zero-order chi connectivity index (χ0) is 31.7. The summed E-state index contributed by atoms with van der Waals surface area (Å²) in [7, 11) is -1.34. The Kier molecular flexibility index (Phi) is 9.27. The number of ether oxygens (including phenoxy) is 1. The van der Waals surface area contributed by atoms with Gasteiger partial charge in [-0.15, -0.1) is 0 Å². The van der Waals surface area contributed by atoms with Gasteiger partial charge in [-0.05, 0) is 57.4 Å². The fourth-order valence-electron chi connectivity index (χ4n) is 6.40. The second kappa shape index (κ2) is 12.3. The van der Waals surface area contributed by atoms with Crippen molar-refractivity contribution in [2.24, 2.45) is 11.1 Å². The summed E-state index contributed by atoms with van der Waals surface area (Å²) in [6.45, 7) is 9.24. The standard InChI is InChI=1S/C29H45N7O6Si/c1-5-6-14-33-23(37)21(22(31)32)24(38)36(27(33)41)20-8-12-28(17-30,13-9-20)18-35-26(40)34(19-42-15-16-43(2,3)4)25(39)29(35)10-7-11-29/h20,37H,5-16,18-19H2,1-4H3,(H3,31,32). The molecule has 14 heteroatoms. The molecule has 1 aliphatic heterocycles. The Morgan fingerprint density at radius 3 is 2.33 bits per heavy atom. The van der Waals surface area contributed by atoms with E-state index in [1.165, 1.54) is 4.90 Å². The number of aromatic hydroxyl groups is 1. The normalized spacial score (nSPS) is 23.5. The number of hydrogen-bond acceptors (Lipinski definition) is 8. The van der Waals surface area contributed by atoms with E-state index in [0.29, 0.717) is 51.6 Å². The Balaban J connectivity index is 1.54. The van der Waals surface area contributed by atoms with Crippen LogP contribution in [0, 0.1) is 22.2 Å². The minimum Gasteiger partial charge on any atom is -0.494 e. The predicted octanol–water partition coefficient (Wildman–Crippen LogP) is 2.92. The molecule has 43 heavy (non-hydrogen) atoms. The van der Waals surface area contributed by atoms with Gasteiger partial charge in [-0.25, -0.2) is 14.5 Å². The van der Waals surface area contributed by atoms with Crippen LogP contribution < -0.4 is 17.0 Å². The Morgan fingerprint density at radius 1 is 1.16 bits per heavy atom. The molecule has 3 aliphatic rings. The highest BCUT2D eigenvalue weighted by atomic mass is 28.3. The van der Waals surface area contributed by atoms with Crippen molar-refractivity contribution < 1.29 is 19.4 Å². The number of nitrogens with two attached hydrogens (primary N) is 1. The molecule has 3 fully saturated rings. The Labute approximate surface area is 252 Å². The maximum absolute atomic E-state index is 13.6. The van der Waals surface area contributed by atoms with E-state index in [1.54, 1.807) is 4.90 Å². The first-order chi connectivity index (χ1) is 20.2. The average molecular weight is 616 g/mol. The lowest BCUT2D eigenvalue weighted by Gasteiger charge is -2.46. The van der Waals surface area contributed by atoms with Crippen LogP contribution in [0.2, 0.25) is 25.7 Å². The highest BCUT2D eigenvalue weighted by Crippen LogP contribution is 2.48. The number of urea groups is 1. The van der Waals surface area contributed by atoms with Gasteiger partial charge >= 0.3 is 11.7 Å². The molecule has 2 heterocycles. The van der Waals surface area contributed by atoms with Gasteiger partial charge in [0.25, 0.3) is 11.5 Å². The van der Waals surface area contributed by atoms with Crippen LogP contribution in [-0.4, -0.2) is 75.3 Å². The number of hydrogen-bond donors (Lipinski definition) is 3. The second-order valence-corrected chi connectivity index (χ2v) is 19.2. The number of nitrogens with zero attached hydrogens (tertiary/aromatic N) is 5. The van der Waals surface area contributed by atoms with Gasteiger partial charge in [-0.2, -0.15) is 5.26 Å². The summed E-state index contributed by atoms with van der Waals surface area (Å²) in [5.41, 5.74) is 1.81. The van der Waals surface area contributed by atoms with Gasteiger partial charge in [0.15, 0.2) is 0 Å². The number of nitriles is 1. The van der Waals surface area contributed by atoms with Gasteiger partial charge in [-0.1, -0.05) is 33.0 Å². The molecular formula is C29H45N7O6Si. The number of imide groups is 1. The van der Waals surface area contributed by atoms with Crippen molar-refractivity contribution in [2.45, 2.75) is 109 Å². The fraction of sp³-hybridized carbons (Fsp3) is 0.724. The monoisotopic (exact) mass is 615 g/mol. The zero-order valence-electron chi connectivity index (χ0n) is 25.8. The van der Waals surface area contributed by atoms with Gasteiger partial charge in [0.05, 0.1) is 11.5 Å². The van der Waals surface area contributed by atoms with E-state index in [9.17, 15) is 29.5 Å². The third kappa shape index (κ3) is 6.01. The average Bonchev–Trinajstić information content (AvgIpc) is 3.12. The first-order valence-electron chi connectivity index (χ1n) is 15.3. The molecule has 1 spiro atoms. The lowest BCUT2D eigenvalue weighted by atomic mass is 9.70. The largest absolute Gasteiger partial charge is 0.494 e. The number of carbonyl (C=O) groups excluding carboxylic acids is 2. The molecular weight excluding hydrogens is 570 g/mol. The number of rotatable bonds is 12. The van der Waals surface area contributed by atoms with Crippen LogP contribution in [0.25, 0.3) is 0 Å². The summed E-state index contributed by atoms with van der Waals surface area (Å²) in [5, 5.41) is 28.8. The van der Waals surface area contributed by atoms with E-state index in [0.717, 1.165) is 28.0 Å². The second-order valence-electron chi connectivity index (χ2n) is 13.5. The van der Waals surface area contributed by atoms with Gasteiger partial charge in [0, 0.05) is 33.8 Å². The minimum absolute atomic E-state index is 0.0795. The molecule has 236 valence electrons. The number of aromatic nitrogens is 2. The van der Waals surface area contributed by atoms with Crippen LogP contribution in [0.1, 0.15) is 76.3 Å². The van der Waals surface area contributed by atoms with E-state index in [4.69, 9.17) is 15.9 Å². The summed E-state index contributed by atoms with van der Waals surface area (Å²) in [5.74, 6) is -1.49. The Morgan fingerprint density at radius 2 is 1.81 bits per heavy atom. The van der Waals surface area contributed by atoms with Crippen LogP contribution in [-0.2, 0) is 16.1 Å². The summed E-state index contributed by atoms with van der Waals surface area (Å²) >= 11 is 0. The van der Waals surface area contributed by atoms with Crippen LogP contribution >= 0.6 is 0 Å². The zero-order valence-corrected chi connectivity index (χ0v) is 26.8. The number of amides is 3. The molecule has 13 nitrogen and oxygen atoms in total. The Hall–Kier alpha value is -3.44. The number of nitrogen functional groups attached to an aromatic ring is 1. The van der Waals surface area contributed by atoms with Gasteiger partial charge < -0.3 is 20.5 Å². The third-order valence-electron chi connectivity index (χ3n) is 9.35. The molecule has 0 aromatic carbocycles. The maximum Gasteiger partial charge on any atom is 0.334 e. The van der Waals surface area contributed by atoms with E-state index < -0.39 is 59.6 Å². The Bertz CT molecular complexity index is 1430. The fourth-order valence-corrected chi connectivity index (χ4v) is 7.16. The van der Waals surface area contributed by atoms with E-state index in [2.05, 4.69) is 25.7 Å². The van der Waals surface area contributed by atoms with Crippen molar-refractivity contribution in [1.82, 2.24) is 18.9 Å². The number of amidine groups is 1. The van der Waals surface area contributed by atoms with Crippen LogP contribution in [0.4, 0.5) is 4.79 Å². The van der Waals surface area contributed by atoms with E-state index in [1.807, 2.05) is 6.92 Å². The summed E-state index contributed by atoms with van der Waals surface area (Å²) < 4.78 is 7.91. The van der Waals surface area contributed by atoms with E-state index in [-0.39, 0.29) is 25.7 Å². The molecule has 1 saturated heterocycles. The highest BCUT2D eigenvalue weighted by Gasteiger charge is 2.61. The molecule has 0 unspecified atom stereocenters. The smallest absolute Gasteiger partial charge is 0.334 e. The van der Waals surface area contributed by atoms with Crippen LogP contribution in [0.5, 0.6) is 5.88 Å². The van der Waals surface area contributed by atoms with E-state index >= 15 is 0 Å². The first-order valence-corrected chi connectivity index (χ1v) is 19.0. The van der Waals surface area contributed by atoms with Crippen molar-refractivity contribution in [3.8, 4) is 11.9 Å². The number of unbranched alkanes of at least 4 members (excludes halogenated alkanes) is 1. The molecule has 4 N–H and O–H groups in total. The van der Waals surface area contributed by atoms with Crippen molar-refractivity contribution in [3.63, 3.8) is 0 Å². The first kappa shape index (κ1) is 32.5. The maximum atomic E-state index is 13.6. The topological polar surface area (TPSA) is 188 Å². The molecule has 2 saturated carbocycles. The lowest BCUT2D eigenvalue weighted by molar-refractivity contribution is -0.140. The van der Waals surface area contributed by atoms with Gasteiger partial charge in [0.1, 0.15) is 23.7 Å². The molecule has 4 rings (SSSR count). The summed E-state index contributed by atoms with van der Waals surface area (Å²) in [6, 6.07) is 2.32. The molecule has 1 aromatic rings. The molecule has 0 atom stereocenters. The van der Waals surface area contributed by atoms with Crippen molar-refractivity contribution in [1.29, 1.82) is 10.7 Å². The van der Waals surface area contributed by atoms with Gasteiger partial charge in [-0.3, -0.25) is 24.1 Å². The van der Waals surface area contributed by atoms with Crippen molar-refractivity contribution in [3.05, 3.63) is 26.4 Å². The van der Waals surface area contributed by atoms with Crippen LogP contribution in [0.3, 0.4) is 0 Å². The quantitative estimate of drug-likeness (QED) is 0.105. The summed E-state index contributed by atoms with van der Waals surface area (Å²) in [4.78, 5) is 56.5. The summed E-state index contributed by atoms with van der Waals surface area (Å²) in [6.07, 6.45) is 4.41. The molecule has 0 radical (unpaired) electrons. The molecule has 3 amide bonds. The predicted molar refractivity (Wildman–Crippen MR) is 163 cm³/mol. The van der Waals surface area contributed by atoms with Crippen LogP contribution in [0.15, 0.2) is 9.59 Å². The minimum atomic E-state index is -1.34. The van der Waals surface area contributed by atoms with Crippen molar-refractivity contribution in [2.75, 3.05) is 19.9 Å².